The molecule has 0 saturated heterocycles. The van der Waals surface area contributed by atoms with Gasteiger partial charge in [0.25, 0.3) is 12.4 Å². The Kier molecular flexibility index (Phi) is 6.30. The van der Waals surface area contributed by atoms with Crippen LogP contribution in [0.1, 0.15) is 41.3 Å². The summed E-state index contributed by atoms with van der Waals surface area (Å²) in [4.78, 5) is 24.7. The Morgan fingerprint density at radius 3 is 2.55 bits per heavy atom. The molecule has 0 atom stereocenters. The fourth-order valence-electron chi connectivity index (χ4n) is 2.22. The van der Waals surface area contributed by atoms with Gasteiger partial charge in [-0.25, -0.2) is 4.98 Å². The number of aromatic nitrogens is 4. The lowest BCUT2D eigenvalue weighted by atomic mass is 10.1. The molecule has 2 rings (SSSR count). The van der Waals surface area contributed by atoms with Crippen LogP contribution in [0.15, 0.2) is 6.33 Å². The molecular formula is C14H21N5O3. The van der Waals surface area contributed by atoms with Crippen molar-refractivity contribution >= 4 is 18.2 Å². The minimum Gasteiger partial charge on any atom is -0.483 e. The second-order valence-corrected chi connectivity index (χ2v) is 4.59. The summed E-state index contributed by atoms with van der Waals surface area (Å²) in [7, 11) is 1.80. The molecule has 0 saturated carbocycles. The van der Waals surface area contributed by atoms with Gasteiger partial charge in [0, 0.05) is 18.3 Å². The van der Waals surface area contributed by atoms with Crippen LogP contribution in [0, 0.1) is 6.92 Å². The summed E-state index contributed by atoms with van der Waals surface area (Å²) in [6.07, 6.45) is 3.34. The quantitative estimate of drug-likeness (QED) is 0.741. The molecule has 0 radical (unpaired) electrons. The maximum Gasteiger partial charge on any atom is 0.290 e. The third-order valence-corrected chi connectivity index (χ3v) is 3.23. The van der Waals surface area contributed by atoms with Gasteiger partial charge in [-0.05, 0) is 19.8 Å². The van der Waals surface area contributed by atoms with Crippen molar-refractivity contribution in [3.05, 3.63) is 29.0 Å². The number of rotatable bonds is 4. The first-order chi connectivity index (χ1) is 10.5. The summed E-state index contributed by atoms with van der Waals surface area (Å²) in [5, 5.41) is 16.9. The third kappa shape index (κ3) is 3.72. The minimum absolute atomic E-state index is 0.179. The molecule has 0 bridgehead atoms. The molecule has 2 aromatic rings. The fourth-order valence-corrected chi connectivity index (χ4v) is 2.22. The van der Waals surface area contributed by atoms with E-state index in [1.807, 2.05) is 6.92 Å². The van der Waals surface area contributed by atoms with Gasteiger partial charge in [-0.2, -0.15) is 5.10 Å². The summed E-state index contributed by atoms with van der Waals surface area (Å²) in [5.41, 5.74) is 3.41. The Bertz CT molecular complexity index is 625. The monoisotopic (exact) mass is 307 g/mol. The predicted molar refractivity (Wildman–Crippen MR) is 81.9 cm³/mol. The highest BCUT2D eigenvalue weighted by molar-refractivity contribution is 6.03. The molecule has 22 heavy (non-hydrogen) atoms. The van der Waals surface area contributed by atoms with E-state index in [0.29, 0.717) is 17.2 Å². The summed E-state index contributed by atoms with van der Waals surface area (Å²) in [5.74, 6) is 0.436. The molecule has 1 amide bonds. The molecule has 2 aromatic heterocycles. The Morgan fingerprint density at radius 2 is 2.09 bits per heavy atom. The average molecular weight is 307 g/mol. The topological polar surface area (TPSA) is 113 Å². The highest BCUT2D eigenvalue weighted by atomic mass is 16.3. The number of H-pyrrole nitrogens is 1. The number of aromatic amines is 1. The standard InChI is InChI=1S/C13H19N5O.CH2O2/c1-5-9-10(6-2)16-17-12(9)15-13(19)11-8(3)14-7-18(11)4;2-1-3/h7H,5-6H2,1-4H3,(H2,15,16,17,19);1H,(H,2,3). The number of carbonyl (C=O) groups is 2. The van der Waals surface area contributed by atoms with E-state index >= 15 is 0 Å². The van der Waals surface area contributed by atoms with Crippen LogP contribution in [0.5, 0.6) is 0 Å². The summed E-state index contributed by atoms with van der Waals surface area (Å²) >= 11 is 0. The zero-order chi connectivity index (χ0) is 16.7. The Hall–Kier alpha value is -2.64. The maximum absolute atomic E-state index is 12.3. The van der Waals surface area contributed by atoms with Gasteiger partial charge in [-0.15, -0.1) is 0 Å². The van der Waals surface area contributed by atoms with Crippen LogP contribution in [0.2, 0.25) is 0 Å². The third-order valence-electron chi connectivity index (χ3n) is 3.23. The number of anilines is 1. The van der Waals surface area contributed by atoms with Crippen molar-refractivity contribution in [3.8, 4) is 0 Å². The lowest BCUT2D eigenvalue weighted by molar-refractivity contribution is -0.122. The van der Waals surface area contributed by atoms with Gasteiger partial charge in [-0.3, -0.25) is 14.7 Å². The molecule has 0 spiro atoms. The lowest BCUT2D eigenvalue weighted by Crippen LogP contribution is -2.17. The number of aryl methyl sites for hydroxylation is 3. The van der Waals surface area contributed by atoms with Crippen LogP contribution >= 0.6 is 0 Å². The molecule has 0 aliphatic heterocycles. The molecule has 0 fully saturated rings. The normalized spacial score (nSPS) is 9.82. The first-order valence-electron chi connectivity index (χ1n) is 6.93. The smallest absolute Gasteiger partial charge is 0.290 e. The van der Waals surface area contributed by atoms with Crippen LogP contribution in [-0.4, -0.2) is 37.2 Å². The summed E-state index contributed by atoms with van der Waals surface area (Å²) in [6, 6.07) is 0. The number of hydrogen-bond acceptors (Lipinski definition) is 4. The number of hydrogen-bond donors (Lipinski definition) is 3. The van der Waals surface area contributed by atoms with E-state index in [4.69, 9.17) is 9.90 Å². The number of nitrogens with zero attached hydrogens (tertiary/aromatic N) is 3. The molecule has 8 nitrogen and oxygen atoms in total. The molecule has 8 heteroatoms. The van der Waals surface area contributed by atoms with E-state index in [-0.39, 0.29) is 12.4 Å². The van der Waals surface area contributed by atoms with Gasteiger partial charge in [-0.1, -0.05) is 13.8 Å². The lowest BCUT2D eigenvalue weighted by Gasteiger charge is -2.06. The van der Waals surface area contributed by atoms with Crippen LogP contribution in [-0.2, 0) is 24.7 Å². The van der Waals surface area contributed by atoms with Gasteiger partial charge in [0.1, 0.15) is 5.69 Å². The van der Waals surface area contributed by atoms with E-state index in [2.05, 4.69) is 34.3 Å². The van der Waals surface area contributed by atoms with Gasteiger partial charge in [0.05, 0.1) is 12.0 Å². The Morgan fingerprint density at radius 1 is 1.45 bits per heavy atom. The molecule has 2 heterocycles. The van der Waals surface area contributed by atoms with Gasteiger partial charge in [0.2, 0.25) is 0 Å². The predicted octanol–water partition coefficient (Wildman–Crippen LogP) is 1.53. The van der Waals surface area contributed by atoms with Crippen molar-refractivity contribution in [1.29, 1.82) is 0 Å². The Labute approximate surface area is 128 Å². The van der Waals surface area contributed by atoms with Crippen molar-refractivity contribution < 1.29 is 14.7 Å². The first kappa shape index (κ1) is 17.4. The highest BCUT2D eigenvalue weighted by Gasteiger charge is 2.18. The molecule has 120 valence electrons. The first-order valence-corrected chi connectivity index (χ1v) is 6.93. The number of nitrogens with one attached hydrogen (secondary N) is 2. The van der Waals surface area contributed by atoms with Crippen molar-refractivity contribution in [2.45, 2.75) is 33.6 Å². The number of carbonyl (C=O) groups excluding carboxylic acids is 1. The summed E-state index contributed by atoms with van der Waals surface area (Å²) < 4.78 is 1.71. The van der Waals surface area contributed by atoms with Gasteiger partial charge in [0.15, 0.2) is 5.82 Å². The zero-order valence-electron chi connectivity index (χ0n) is 13.2. The number of imidazole rings is 1. The zero-order valence-corrected chi connectivity index (χ0v) is 13.2. The van der Waals surface area contributed by atoms with Gasteiger partial charge < -0.3 is 15.0 Å². The van der Waals surface area contributed by atoms with Crippen molar-refractivity contribution in [3.63, 3.8) is 0 Å². The van der Waals surface area contributed by atoms with Crippen molar-refractivity contribution in [2.75, 3.05) is 5.32 Å². The highest BCUT2D eigenvalue weighted by Crippen LogP contribution is 2.19. The molecule has 0 unspecified atom stereocenters. The molecule has 3 N–H and O–H groups in total. The SMILES string of the molecule is CCc1[nH]nc(NC(=O)c2c(C)ncn2C)c1CC.O=CO. The average Bonchev–Trinajstić information content (AvgIpc) is 3.02. The number of carboxylic acid groups (broad SMARTS) is 1. The summed E-state index contributed by atoms with van der Waals surface area (Å²) in [6.45, 7) is 5.68. The van der Waals surface area contributed by atoms with Crippen molar-refractivity contribution in [2.24, 2.45) is 7.05 Å². The van der Waals surface area contributed by atoms with Crippen LogP contribution < -0.4 is 5.32 Å². The molecule has 0 aliphatic carbocycles. The molecule has 0 aliphatic rings. The van der Waals surface area contributed by atoms with Gasteiger partial charge >= 0.3 is 0 Å². The second kappa shape index (κ2) is 7.96. The van der Waals surface area contributed by atoms with E-state index < -0.39 is 0 Å². The van der Waals surface area contributed by atoms with Crippen LogP contribution in [0.25, 0.3) is 0 Å². The van der Waals surface area contributed by atoms with E-state index in [1.165, 1.54) is 0 Å². The van der Waals surface area contributed by atoms with Crippen molar-refractivity contribution in [1.82, 2.24) is 19.7 Å². The Balaban J connectivity index is 0.000000745. The van der Waals surface area contributed by atoms with Crippen LogP contribution in [0.3, 0.4) is 0 Å². The fraction of sp³-hybridized carbons (Fsp3) is 0.429. The number of amides is 1. The van der Waals surface area contributed by atoms with E-state index in [1.54, 1.807) is 17.9 Å². The van der Waals surface area contributed by atoms with E-state index in [0.717, 1.165) is 24.1 Å². The van der Waals surface area contributed by atoms with Crippen LogP contribution in [0.4, 0.5) is 5.82 Å². The second-order valence-electron chi connectivity index (χ2n) is 4.59. The van der Waals surface area contributed by atoms with E-state index in [9.17, 15) is 4.79 Å². The minimum atomic E-state index is -0.250. The molecular weight excluding hydrogens is 286 g/mol. The largest absolute Gasteiger partial charge is 0.483 e. The molecule has 0 aromatic carbocycles. The maximum atomic E-state index is 12.3.